The molecule has 0 unspecified atom stereocenters. The van der Waals surface area contributed by atoms with E-state index in [1.807, 2.05) is 0 Å². The zero-order valence-corrected chi connectivity index (χ0v) is 7.82. The van der Waals surface area contributed by atoms with Crippen LogP contribution in [0.1, 0.15) is 0 Å². The van der Waals surface area contributed by atoms with Crippen molar-refractivity contribution < 1.29 is 30.3 Å². The third-order valence-electron chi connectivity index (χ3n) is 1.42. The van der Waals surface area contributed by atoms with Crippen molar-refractivity contribution in [3.8, 4) is 0 Å². The molecule has 0 heterocycles. The first-order chi connectivity index (χ1) is 6.54. The second-order valence-electron chi connectivity index (χ2n) is 2.36. The zero-order valence-electron chi connectivity index (χ0n) is 7.82. The highest BCUT2D eigenvalue weighted by atomic mass is 16.4. The maximum atomic E-state index is 9.90. The summed E-state index contributed by atoms with van der Waals surface area (Å²) in [4.78, 5) is 9.90. The number of rotatable bonds is 5. The van der Waals surface area contributed by atoms with Gasteiger partial charge in [0.2, 0.25) is 0 Å². The van der Waals surface area contributed by atoms with Crippen molar-refractivity contribution in [1.82, 2.24) is 0 Å². The number of aliphatic hydroxyl groups excluding tert-OH is 5. The van der Waals surface area contributed by atoms with Crippen LogP contribution in [0.5, 0.6) is 0 Å². The molecule has 0 radical (unpaired) electrons. The maximum absolute atomic E-state index is 9.90. The van der Waals surface area contributed by atoms with E-state index < -0.39 is 31.0 Å². The van der Waals surface area contributed by atoms with E-state index in [0.29, 0.717) is 0 Å². The van der Waals surface area contributed by atoms with Gasteiger partial charge in [0.25, 0.3) is 0 Å². The Balaban J connectivity index is 0. The molecule has 0 amide bonds. The number of hydrogen-bond acceptors (Lipinski definition) is 7. The normalized spacial score (nSPS) is 18.5. The Morgan fingerprint density at radius 2 is 1.57 bits per heavy atom. The molecule has 0 bridgehead atoms. The van der Waals surface area contributed by atoms with E-state index >= 15 is 0 Å². The van der Waals surface area contributed by atoms with Gasteiger partial charge in [-0.05, 0) is 7.05 Å². The first kappa shape index (κ1) is 15.9. The van der Waals surface area contributed by atoms with Crippen LogP contribution in [0.15, 0.2) is 0 Å². The molecule has 4 atom stereocenters. The van der Waals surface area contributed by atoms with Gasteiger partial charge in [-0.25, -0.2) is 0 Å². The van der Waals surface area contributed by atoms with Crippen molar-refractivity contribution in [2.45, 2.75) is 24.4 Å². The topological polar surface area (TPSA) is 144 Å². The van der Waals surface area contributed by atoms with Gasteiger partial charge in [0.1, 0.15) is 24.4 Å². The van der Waals surface area contributed by atoms with Crippen LogP contribution in [-0.2, 0) is 4.79 Å². The van der Waals surface area contributed by atoms with Gasteiger partial charge in [-0.1, -0.05) is 0 Å². The van der Waals surface area contributed by atoms with Crippen LogP contribution in [0.3, 0.4) is 0 Å². The molecule has 0 aromatic rings. The van der Waals surface area contributed by atoms with Gasteiger partial charge >= 0.3 is 0 Å². The number of carbonyl (C=O) groups excluding carboxylic acids is 1. The molecule has 0 saturated carbocycles. The van der Waals surface area contributed by atoms with Gasteiger partial charge in [0.15, 0.2) is 6.29 Å². The number of nitrogens with two attached hydrogens (primary N) is 1. The number of aliphatic hydroxyl groups is 5. The Hall–Kier alpha value is -0.570. The van der Waals surface area contributed by atoms with Gasteiger partial charge in [-0.15, -0.1) is 0 Å². The van der Waals surface area contributed by atoms with Gasteiger partial charge < -0.3 is 36.1 Å². The molecule has 0 rings (SSSR count). The van der Waals surface area contributed by atoms with Crippen molar-refractivity contribution in [3.05, 3.63) is 0 Å². The molecule has 0 aromatic carbocycles. The first-order valence-electron chi connectivity index (χ1n) is 3.90. The SMILES string of the molecule is CN.O=C[C@H](O)[C@@H](O)[C@H](O)[C@H](O)CO. The van der Waals surface area contributed by atoms with E-state index in [1.54, 1.807) is 0 Å². The van der Waals surface area contributed by atoms with Crippen LogP contribution in [0.25, 0.3) is 0 Å². The molecule has 0 aromatic heterocycles. The second kappa shape index (κ2) is 9.00. The third kappa shape index (κ3) is 5.22. The summed E-state index contributed by atoms with van der Waals surface area (Å²) in [7, 11) is 1.50. The Morgan fingerprint density at radius 1 is 1.14 bits per heavy atom. The summed E-state index contributed by atoms with van der Waals surface area (Å²) in [5.74, 6) is 0. The van der Waals surface area contributed by atoms with E-state index in [4.69, 9.17) is 25.5 Å². The van der Waals surface area contributed by atoms with Gasteiger partial charge in [0.05, 0.1) is 6.61 Å². The lowest BCUT2D eigenvalue weighted by molar-refractivity contribution is -0.136. The molecule has 7 heteroatoms. The van der Waals surface area contributed by atoms with Crippen molar-refractivity contribution >= 4 is 6.29 Å². The minimum Gasteiger partial charge on any atom is -0.394 e. The van der Waals surface area contributed by atoms with E-state index in [2.05, 4.69) is 5.73 Å². The molecule has 0 aliphatic heterocycles. The Labute approximate surface area is 81.4 Å². The van der Waals surface area contributed by atoms with E-state index in [9.17, 15) is 4.79 Å². The summed E-state index contributed by atoms with van der Waals surface area (Å²) in [5.41, 5.74) is 4.50. The van der Waals surface area contributed by atoms with Crippen LogP contribution >= 0.6 is 0 Å². The highest BCUT2D eigenvalue weighted by molar-refractivity contribution is 5.56. The molecular weight excluding hydrogens is 194 g/mol. The fourth-order valence-electron chi connectivity index (χ4n) is 0.618. The fraction of sp³-hybridized carbons (Fsp3) is 0.857. The lowest BCUT2D eigenvalue weighted by Gasteiger charge is -2.22. The molecule has 14 heavy (non-hydrogen) atoms. The second-order valence-corrected chi connectivity index (χ2v) is 2.36. The molecule has 7 nitrogen and oxygen atoms in total. The zero-order chi connectivity index (χ0) is 11.7. The summed E-state index contributed by atoms with van der Waals surface area (Å²) >= 11 is 0. The predicted octanol–water partition coefficient (Wildman–Crippen LogP) is -3.80. The highest BCUT2D eigenvalue weighted by Crippen LogP contribution is 2.02. The standard InChI is InChI=1S/C6H12O6.CH5N/c7-1-3(9)5(11)6(12)4(10)2-8;1-2/h1,3-6,8-12H,2H2;2H2,1H3/t3-,4+,5+,6+;/m0./s1. The van der Waals surface area contributed by atoms with E-state index in [1.165, 1.54) is 7.05 Å². The number of carbonyl (C=O) groups is 1. The lowest BCUT2D eigenvalue weighted by atomic mass is 10.0. The summed E-state index contributed by atoms with van der Waals surface area (Å²) in [6, 6.07) is 0. The molecule has 0 spiro atoms. The van der Waals surface area contributed by atoms with Gasteiger partial charge in [0, 0.05) is 0 Å². The van der Waals surface area contributed by atoms with Crippen molar-refractivity contribution in [3.63, 3.8) is 0 Å². The summed E-state index contributed by atoms with van der Waals surface area (Å²) < 4.78 is 0. The average molecular weight is 211 g/mol. The summed E-state index contributed by atoms with van der Waals surface area (Å²) in [5, 5.41) is 43.5. The van der Waals surface area contributed by atoms with Crippen LogP contribution < -0.4 is 5.73 Å². The quantitative estimate of drug-likeness (QED) is 0.256. The van der Waals surface area contributed by atoms with Crippen LogP contribution in [0.4, 0.5) is 0 Å². The average Bonchev–Trinajstić information content (AvgIpc) is 2.27. The highest BCUT2D eigenvalue weighted by Gasteiger charge is 2.29. The summed E-state index contributed by atoms with van der Waals surface area (Å²) in [6.07, 6.45) is -6.84. The maximum Gasteiger partial charge on any atom is 0.151 e. The van der Waals surface area contributed by atoms with Crippen molar-refractivity contribution in [1.29, 1.82) is 0 Å². The van der Waals surface area contributed by atoms with Crippen molar-refractivity contribution in [2.75, 3.05) is 13.7 Å². The van der Waals surface area contributed by atoms with Gasteiger partial charge in [-0.2, -0.15) is 0 Å². The predicted molar refractivity (Wildman–Crippen MR) is 47.3 cm³/mol. The first-order valence-corrected chi connectivity index (χ1v) is 3.90. The van der Waals surface area contributed by atoms with Crippen molar-refractivity contribution in [2.24, 2.45) is 5.73 Å². The molecule has 0 saturated heterocycles. The molecular formula is C7H17NO6. The smallest absolute Gasteiger partial charge is 0.151 e. The number of aldehydes is 1. The molecule has 0 aliphatic rings. The molecule has 0 aliphatic carbocycles. The third-order valence-corrected chi connectivity index (χ3v) is 1.42. The van der Waals surface area contributed by atoms with Gasteiger partial charge in [-0.3, -0.25) is 0 Å². The molecule has 7 N–H and O–H groups in total. The fourth-order valence-corrected chi connectivity index (χ4v) is 0.618. The largest absolute Gasteiger partial charge is 0.394 e. The van der Waals surface area contributed by atoms with Crippen LogP contribution in [-0.4, -0.2) is 69.9 Å². The van der Waals surface area contributed by atoms with E-state index in [0.717, 1.165) is 0 Å². The minimum atomic E-state index is -1.79. The Bertz CT molecular complexity index is 144. The number of hydrogen-bond donors (Lipinski definition) is 6. The monoisotopic (exact) mass is 211 g/mol. The Kier molecular flexibility index (Phi) is 10.2. The van der Waals surface area contributed by atoms with E-state index in [-0.39, 0.29) is 6.29 Å². The molecule has 86 valence electrons. The molecule has 0 fully saturated rings. The summed E-state index contributed by atoms with van der Waals surface area (Å²) in [6.45, 7) is -0.760. The Morgan fingerprint density at radius 3 is 1.86 bits per heavy atom. The van der Waals surface area contributed by atoms with Crippen LogP contribution in [0.2, 0.25) is 0 Å². The lowest BCUT2D eigenvalue weighted by Crippen LogP contribution is -2.46. The van der Waals surface area contributed by atoms with Crippen LogP contribution in [0, 0.1) is 0 Å². The minimum absolute atomic E-state index is 0.0258.